The predicted molar refractivity (Wildman–Crippen MR) is 72.4 cm³/mol. The molecule has 19 heavy (non-hydrogen) atoms. The Morgan fingerprint density at radius 3 is 2.74 bits per heavy atom. The van der Waals surface area contributed by atoms with Gasteiger partial charge in [0.05, 0.1) is 6.10 Å². The highest BCUT2D eigenvalue weighted by atomic mass is 19.1. The molecule has 1 aromatic carbocycles. The number of nitrogens with zero attached hydrogens (tertiary/aromatic N) is 1. The van der Waals surface area contributed by atoms with Crippen LogP contribution in [0.15, 0.2) is 24.3 Å². The summed E-state index contributed by atoms with van der Waals surface area (Å²) in [6, 6.07) is 6.41. The molecular weight excluding hydrogens is 245 g/mol. The number of aliphatic hydroxyl groups is 1. The first-order valence-corrected chi connectivity index (χ1v) is 6.85. The lowest BCUT2D eigenvalue weighted by Crippen LogP contribution is -2.32. The van der Waals surface area contributed by atoms with Crippen LogP contribution in [0.25, 0.3) is 0 Å². The fraction of sp³-hybridized carbons (Fsp3) is 0.600. The van der Waals surface area contributed by atoms with Crippen molar-refractivity contribution in [3.63, 3.8) is 0 Å². The first-order valence-electron chi connectivity index (χ1n) is 6.85. The minimum atomic E-state index is -0.772. The summed E-state index contributed by atoms with van der Waals surface area (Å²) in [5, 5.41) is 10.1. The van der Waals surface area contributed by atoms with E-state index in [1.165, 1.54) is 6.07 Å². The molecule has 0 aromatic heterocycles. The molecule has 106 valence electrons. The van der Waals surface area contributed by atoms with Gasteiger partial charge >= 0.3 is 0 Å². The molecule has 0 amide bonds. The average Bonchev–Trinajstić information content (AvgIpc) is 2.40. The average molecular weight is 267 g/mol. The van der Waals surface area contributed by atoms with Crippen molar-refractivity contribution >= 4 is 0 Å². The van der Waals surface area contributed by atoms with Crippen LogP contribution in [0.5, 0.6) is 0 Å². The number of likely N-dealkylation sites (N-methyl/N-ethyl adjacent to an activating group) is 1. The number of aliphatic hydroxyl groups excluding tert-OH is 1. The second-order valence-corrected chi connectivity index (χ2v) is 5.31. The van der Waals surface area contributed by atoms with Crippen molar-refractivity contribution in [1.82, 2.24) is 4.90 Å². The summed E-state index contributed by atoms with van der Waals surface area (Å²) in [6.07, 6.45) is 1.37. The Morgan fingerprint density at radius 2 is 2.05 bits per heavy atom. The number of benzene rings is 1. The van der Waals surface area contributed by atoms with Crippen molar-refractivity contribution in [1.29, 1.82) is 0 Å². The topological polar surface area (TPSA) is 32.7 Å². The number of halogens is 1. The van der Waals surface area contributed by atoms with E-state index in [0.717, 1.165) is 32.6 Å². The summed E-state index contributed by atoms with van der Waals surface area (Å²) in [5.41, 5.74) is 0.376. The highest BCUT2D eigenvalue weighted by Crippen LogP contribution is 2.20. The largest absolute Gasteiger partial charge is 0.387 e. The smallest absolute Gasteiger partial charge is 0.129 e. The van der Waals surface area contributed by atoms with Gasteiger partial charge < -0.3 is 14.7 Å². The van der Waals surface area contributed by atoms with E-state index >= 15 is 0 Å². The molecule has 1 saturated heterocycles. The van der Waals surface area contributed by atoms with Crippen LogP contribution < -0.4 is 0 Å². The molecule has 1 aliphatic rings. The van der Waals surface area contributed by atoms with Crippen LogP contribution >= 0.6 is 0 Å². The van der Waals surface area contributed by atoms with Crippen LogP contribution in [0.1, 0.15) is 24.5 Å². The van der Waals surface area contributed by atoms with Crippen molar-refractivity contribution in [3.8, 4) is 0 Å². The molecule has 4 heteroatoms. The molecule has 2 rings (SSSR count). The number of ether oxygens (including phenoxy) is 1. The predicted octanol–water partition coefficient (Wildman–Crippen LogP) is 2.22. The van der Waals surface area contributed by atoms with Gasteiger partial charge in [0.1, 0.15) is 5.82 Å². The van der Waals surface area contributed by atoms with E-state index in [2.05, 4.69) is 4.90 Å². The zero-order valence-corrected chi connectivity index (χ0v) is 11.4. The normalized spacial score (nSPS) is 18.7. The van der Waals surface area contributed by atoms with Crippen molar-refractivity contribution in [2.45, 2.75) is 18.9 Å². The third-order valence-electron chi connectivity index (χ3n) is 3.66. The maximum absolute atomic E-state index is 13.6. The monoisotopic (exact) mass is 267 g/mol. The van der Waals surface area contributed by atoms with Gasteiger partial charge in [0, 0.05) is 31.9 Å². The van der Waals surface area contributed by atoms with E-state index in [1.807, 2.05) is 7.05 Å². The zero-order valence-electron chi connectivity index (χ0n) is 11.4. The van der Waals surface area contributed by atoms with E-state index in [0.29, 0.717) is 18.0 Å². The third-order valence-corrected chi connectivity index (χ3v) is 3.66. The molecule has 3 nitrogen and oxygen atoms in total. The van der Waals surface area contributed by atoms with E-state index < -0.39 is 6.10 Å². The second-order valence-electron chi connectivity index (χ2n) is 5.31. The molecule has 1 aromatic rings. The fourth-order valence-electron chi connectivity index (χ4n) is 2.58. The Morgan fingerprint density at radius 1 is 1.37 bits per heavy atom. The van der Waals surface area contributed by atoms with Crippen LogP contribution in [0.3, 0.4) is 0 Å². The zero-order chi connectivity index (χ0) is 13.7. The number of rotatable bonds is 5. The lowest BCUT2D eigenvalue weighted by atomic mass is 9.99. The van der Waals surface area contributed by atoms with Crippen LogP contribution in [-0.2, 0) is 4.74 Å². The van der Waals surface area contributed by atoms with Gasteiger partial charge in [0.15, 0.2) is 0 Å². The van der Waals surface area contributed by atoms with Crippen LogP contribution in [0, 0.1) is 11.7 Å². The molecule has 1 heterocycles. The van der Waals surface area contributed by atoms with Gasteiger partial charge in [-0.1, -0.05) is 18.2 Å². The van der Waals surface area contributed by atoms with Crippen molar-refractivity contribution in [3.05, 3.63) is 35.6 Å². The van der Waals surface area contributed by atoms with Gasteiger partial charge in [0.25, 0.3) is 0 Å². The standard InChI is InChI=1S/C15H22FNO2/c1-17(10-12-6-8-19-9-7-12)11-15(18)13-4-2-3-5-14(13)16/h2-5,12,15,18H,6-11H2,1H3. The van der Waals surface area contributed by atoms with Gasteiger partial charge in [0.2, 0.25) is 0 Å². The molecule has 1 N–H and O–H groups in total. The van der Waals surface area contributed by atoms with Crippen molar-refractivity contribution < 1.29 is 14.2 Å². The van der Waals surface area contributed by atoms with E-state index in [9.17, 15) is 9.50 Å². The third kappa shape index (κ3) is 4.27. The Kier molecular flexibility index (Phi) is 5.31. The van der Waals surface area contributed by atoms with Crippen molar-refractivity contribution in [2.75, 3.05) is 33.4 Å². The Balaban J connectivity index is 1.84. The quantitative estimate of drug-likeness (QED) is 0.888. The van der Waals surface area contributed by atoms with Crippen LogP contribution in [0.2, 0.25) is 0 Å². The summed E-state index contributed by atoms with van der Waals surface area (Å²) in [5.74, 6) is 0.279. The summed E-state index contributed by atoms with van der Waals surface area (Å²) in [4.78, 5) is 2.08. The maximum Gasteiger partial charge on any atom is 0.129 e. The highest BCUT2D eigenvalue weighted by Gasteiger charge is 2.19. The SMILES string of the molecule is CN(CC1CCOCC1)CC(O)c1ccccc1F. The first kappa shape index (κ1) is 14.4. The van der Waals surface area contributed by atoms with E-state index in [-0.39, 0.29) is 5.82 Å². The molecular formula is C15H22FNO2. The van der Waals surface area contributed by atoms with Gasteiger partial charge in [-0.25, -0.2) is 4.39 Å². The Labute approximate surface area is 114 Å². The molecule has 1 aliphatic heterocycles. The summed E-state index contributed by atoms with van der Waals surface area (Å²) in [6.45, 7) is 3.04. The van der Waals surface area contributed by atoms with Gasteiger partial charge in [-0.05, 0) is 31.9 Å². The fourth-order valence-corrected chi connectivity index (χ4v) is 2.58. The number of hydrogen-bond acceptors (Lipinski definition) is 3. The lowest BCUT2D eigenvalue weighted by Gasteiger charge is -2.28. The van der Waals surface area contributed by atoms with Gasteiger partial charge in [-0.3, -0.25) is 0 Å². The Bertz CT molecular complexity index is 393. The first-order chi connectivity index (χ1) is 9.16. The highest BCUT2D eigenvalue weighted by molar-refractivity contribution is 5.19. The molecule has 0 radical (unpaired) electrons. The molecule has 1 fully saturated rings. The molecule has 0 bridgehead atoms. The molecule has 0 spiro atoms. The van der Waals surface area contributed by atoms with E-state index in [4.69, 9.17) is 4.74 Å². The van der Waals surface area contributed by atoms with Crippen molar-refractivity contribution in [2.24, 2.45) is 5.92 Å². The molecule has 1 unspecified atom stereocenters. The molecule has 1 atom stereocenters. The summed E-state index contributed by atoms with van der Waals surface area (Å²) in [7, 11) is 1.97. The van der Waals surface area contributed by atoms with E-state index in [1.54, 1.807) is 18.2 Å². The van der Waals surface area contributed by atoms with Gasteiger partial charge in [-0.15, -0.1) is 0 Å². The van der Waals surface area contributed by atoms with Crippen LogP contribution in [-0.4, -0.2) is 43.4 Å². The summed E-state index contributed by atoms with van der Waals surface area (Å²) >= 11 is 0. The number of hydrogen-bond donors (Lipinski definition) is 1. The minimum absolute atomic E-state index is 0.338. The summed E-state index contributed by atoms with van der Waals surface area (Å²) < 4.78 is 18.9. The maximum atomic E-state index is 13.6. The lowest BCUT2D eigenvalue weighted by molar-refractivity contribution is 0.0474. The molecule has 0 aliphatic carbocycles. The minimum Gasteiger partial charge on any atom is -0.387 e. The van der Waals surface area contributed by atoms with Crippen LogP contribution in [0.4, 0.5) is 4.39 Å². The molecule has 0 saturated carbocycles. The Hall–Kier alpha value is -0.970. The second kappa shape index (κ2) is 6.98. The van der Waals surface area contributed by atoms with Gasteiger partial charge in [-0.2, -0.15) is 0 Å².